The van der Waals surface area contributed by atoms with Crippen LogP contribution in [0.1, 0.15) is 143 Å². The minimum absolute atomic E-state index is 0.157. The summed E-state index contributed by atoms with van der Waals surface area (Å²) in [7, 11) is 0.157. The Kier molecular flexibility index (Phi) is 17.9. The van der Waals surface area contributed by atoms with Gasteiger partial charge in [-0.15, -0.1) is 0 Å². The molecule has 0 aromatic carbocycles. The van der Waals surface area contributed by atoms with Crippen molar-refractivity contribution in [2.75, 3.05) is 12.3 Å². The summed E-state index contributed by atoms with van der Waals surface area (Å²) in [5.74, 6) is 0.925. The van der Waals surface area contributed by atoms with Crippen molar-refractivity contribution >= 4 is 7.92 Å². The van der Waals surface area contributed by atoms with E-state index >= 15 is 0 Å². The highest BCUT2D eigenvalue weighted by atomic mass is 31.1. The van der Waals surface area contributed by atoms with Crippen molar-refractivity contribution in [3.63, 3.8) is 0 Å². The van der Waals surface area contributed by atoms with E-state index in [0.29, 0.717) is 0 Å². The van der Waals surface area contributed by atoms with Crippen LogP contribution in [0.5, 0.6) is 0 Å². The Morgan fingerprint density at radius 3 is 1.64 bits per heavy atom. The fourth-order valence-corrected chi connectivity index (χ4v) is 7.71. The molecule has 0 unspecified atom stereocenters. The zero-order valence-corrected chi connectivity index (χ0v) is 20.8. The largest absolute Gasteiger partial charge is 0.0801 e. The molecule has 1 heteroatoms. The highest BCUT2D eigenvalue weighted by Gasteiger charge is 2.17. The van der Waals surface area contributed by atoms with Gasteiger partial charge in [-0.05, 0) is 55.7 Å². The van der Waals surface area contributed by atoms with Crippen molar-refractivity contribution in [2.45, 2.75) is 143 Å². The molecule has 0 nitrogen and oxygen atoms in total. The van der Waals surface area contributed by atoms with Gasteiger partial charge in [0.15, 0.2) is 0 Å². The summed E-state index contributed by atoms with van der Waals surface area (Å²) in [6.45, 7) is 7.05. The van der Waals surface area contributed by atoms with Crippen LogP contribution in [0.25, 0.3) is 0 Å². The third-order valence-corrected chi connectivity index (χ3v) is 9.45. The summed E-state index contributed by atoms with van der Waals surface area (Å²) >= 11 is 0. The van der Waals surface area contributed by atoms with Gasteiger partial charge in [0.25, 0.3) is 0 Å². The Morgan fingerprint density at radius 1 is 0.643 bits per heavy atom. The maximum Gasteiger partial charge on any atom is -0.0227 e. The lowest BCUT2D eigenvalue weighted by molar-refractivity contribution is 0.418. The van der Waals surface area contributed by atoms with E-state index < -0.39 is 0 Å². The minimum Gasteiger partial charge on any atom is -0.0801 e. The average Bonchev–Trinajstić information content (AvgIpc) is 2.72. The summed E-state index contributed by atoms with van der Waals surface area (Å²) in [5, 5.41) is 1.94. The van der Waals surface area contributed by atoms with Gasteiger partial charge in [-0.25, -0.2) is 0 Å². The average molecular weight is 409 g/mol. The standard InChI is InChI=1S/C27H53P/c1-4-7-9-11-13-18-23-28(24-19-14-12-10-8-5-2)27(20-6-3)25-26-21-16-15-17-22-26/h25-26H,4-24H2,1-3H3/b27-25+. The Bertz CT molecular complexity index is 337. The normalized spacial score (nSPS) is 16.2. The first-order valence-electron chi connectivity index (χ1n) is 13.3. The van der Waals surface area contributed by atoms with Crippen molar-refractivity contribution in [1.82, 2.24) is 0 Å². The summed E-state index contributed by atoms with van der Waals surface area (Å²) in [5.41, 5.74) is 0. The molecule has 1 fully saturated rings. The lowest BCUT2D eigenvalue weighted by Crippen LogP contribution is -2.05. The fourth-order valence-electron chi connectivity index (χ4n) is 4.74. The van der Waals surface area contributed by atoms with Crippen LogP contribution in [-0.4, -0.2) is 12.3 Å². The molecule has 0 spiro atoms. The maximum atomic E-state index is 2.82. The van der Waals surface area contributed by atoms with Crippen LogP contribution < -0.4 is 0 Å². The molecule has 0 saturated heterocycles. The summed E-state index contributed by atoms with van der Waals surface area (Å²) in [6.07, 6.45) is 33.5. The number of rotatable bonds is 18. The highest BCUT2D eigenvalue weighted by Crippen LogP contribution is 2.50. The van der Waals surface area contributed by atoms with E-state index in [1.54, 1.807) is 0 Å². The van der Waals surface area contributed by atoms with Gasteiger partial charge in [0.05, 0.1) is 0 Å². The molecule has 1 aliphatic carbocycles. The van der Waals surface area contributed by atoms with Gasteiger partial charge < -0.3 is 0 Å². The first kappa shape index (κ1) is 26.2. The smallest absolute Gasteiger partial charge is 0.0227 e. The van der Waals surface area contributed by atoms with E-state index in [-0.39, 0.29) is 7.92 Å². The molecule has 1 aliphatic rings. The van der Waals surface area contributed by atoms with Gasteiger partial charge in [0.1, 0.15) is 0 Å². The summed E-state index contributed by atoms with van der Waals surface area (Å²) in [4.78, 5) is 0. The van der Waals surface area contributed by atoms with E-state index in [9.17, 15) is 0 Å². The lowest BCUT2D eigenvalue weighted by Gasteiger charge is -2.25. The quantitative estimate of drug-likeness (QED) is 0.156. The molecular weight excluding hydrogens is 355 g/mol. The molecule has 1 saturated carbocycles. The van der Waals surface area contributed by atoms with Gasteiger partial charge in [-0.3, -0.25) is 0 Å². The molecule has 0 aliphatic heterocycles. The van der Waals surface area contributed by atoms with Crippen molar-refractivity contribution in [3.05, 3.63) is 11.4 Å². The lowest BCUT2D eigenvalue weighted by atomic mass is 9.89. The number of hydrogen-bond acceptors (Lipinski definition) is 0. The van der Waals surface area contributed by atoms with Crippen LogP contribution in [-0.2, 0) is 0 Å². The Hall–Kier alpha value is 0.170. The first-order chi connectivity index (χ1) is 13.8. The summed E-state index contributed by atoms with van der Waals surface area (Å²) in [6, 6.07) is 0. The molecule has 0 aromatic rings. The zero-order valence-electron chi connectivity index (χ0n) is 20.0. The van der Waals surface area contributed by atoms with Crippen LogP contribution in [0.3, 0.4) is 0 Å². The third kappa shape index (κ3) is 13.4. The van der Waals surface area contributed by atoms with E-state index in [4.69, 9.17) is 0 Å². The third-order valence-electron chi connectivity index (χ3n) is 6.55. The van der Waals surface area contributed by atoms with Crippen LogP contribution in [0.4, 0.5) is 0 Å². The van der Waals surface area contributed by atoms with Crippen LogP contribution in [0, 0.1) is 5.92 Å². The number of hydrogen-bond donors (Lipinski definition) is 0. The molecule has 0 radical (unpaired) electrons. The van der Waals surface area contributed by atoms with Crippen LogP contribution in [0.2, 0.25) is 0 Å². The molecule has 0 N–H and O–H groups in total. The van der Waals surface area contributed by atoms with E-state index in [1.807, 2.05) is 5.31 Å². The van der Waals surface area contributed by atoms with Gasteiger partial charge in [-0.1, -0.05) is 125 Å². The van der Waals surface area contributed by atoms with Crippen molar-refractivity contribution in [3.8, 4) is 0 Å². The molecular formula is C27H53P. The second-order valence-electron chi connectivity index (χ2n) is 9.33. The molecule has 1 rings (SSSR count). The van der Waals surface area contributed by atoms with Gasteiger partial charge in [0, 0.05) is 0 Å². The van der Waals surface area contributed by atoms with Gasteiger partial charge in [0.2, 0.25) is 0 Å². The molecule has 0 atom stereocenters. The van der Waals surface area contributed by atoms with Crippen LogP contribution in [0.15, 0.2) is 11.4 Å². The predicted octanol–water partition coefficient (Wildman–Crippen LogP) is 10.5. The second-order valence-corrected chi connectivity index (χ2v) is 11.9. The van der Waals surface area contributed by atoms with Crippen LogP contribution >= 0.6 is 7.92 Å². The van der Waals surface area contributed by atoms with E-state index in [1.165, 1.54) is 134 Å². The highest BCUT2D eigenvalue weighted by molar-refractivity contribution is 7.62. The zero-order chi connectivity index (χ0) is 20.3. The van der Waals surface area contributed by atoms with Gasteiger partial charge >= 0.3 is 0 Å². The first-order valence-corrected chi connectivity index (χ1v) is 15.0. The second kappa shape index (κ2) is 19.2. The van der Waals surface area contributed by atoms with Gasteiger partial charge in [-0.2, -0.15) is 0 Å². The molecule has 166 valence electrons. The molecule has 0 heterocycles. The molecule has 28 heavy (non-hydrogen) atoms. The topological polar surface area (TPSA) is 0 Å². The van der Waals surface area contributed by atoms with Crippen molar-refractivity contribution in [1.29, 1.82) is 0 Å². The SMILES string of the molecule is CCCCCCCCP(CCCCCCCC)/C(=C/C1CCCCC1)CCC. The van der Waals surface area contributed by atoms with Crippen molar-refractivity contribution in [2.24, 2.45) is 5.92 Å². The van der Waals surface area contributed by atoms with E-state index in [0.717, 1.165) is 5.92 Å². The molecule has 0 bridgehead atoms. The van der Waals surface area contributed by atoms with Crippen molar-refractivity contribution < 1.29 is 0 Å². The molecule has 0 amide bonds. The fraction of sp³-hybridized carbons (Fsp3) is 0.926. The molecule has 0 aromatic heterocycles. The maximum absolute atomic E-state index is 2.82. The Balaban J connectivity index is 2.53. The number of unbranched alkanes of at least 4 members (excludes halogenated alkanes) is 10. The van der Waals surface area contributed by atoms with E-state index in [2.05, 4.69) is 26.8 Å². The monoisotopic (exact) mass is 408 g/mol. The predicted molar refractivity (Wildman–Crippen MR) is 133 cm³/mol. The Morgan fingerprint density at radius 2 is 1.14 bits per heavy atom. The minimum atomic E-state index is 0.157. The number of allylic oxidation sites excluding steroid dienone is 2. The summed E-state index contributed by atoms with van der Waals surface area (Å²) < 4.78 is 0. The Labute approximate surface area is 180 Å².